The lowest BCUT2D eigenvalue weighted by molar-refractivity contribution is -0.141. The molecule has 6 aliphatic rings. The van der Waals surface area contributed by atoms with Gasteiger partial charge in [-0.1, -0.05) is 149 Å². The minimum Gasteiger partial charge on any atom is -0.491 e. The van der Waals surface area contributed by atoms with Gasteiger partial charge in [0.1, 0.15) is 65.4 Å². The Morgan fingerprint density at radius 1 is 0.470 bits per heavy atom. The van der Waals surface area contributed by atoms with Crippen LogP contribution in [-0.4, -0.2) is 161 Å². The molecule has 6 fully saturated rings. The second kappa shape index (κ2) is 35.1. The van der Waals surface area contributed by atoms with E-state index < -0.39 is 65.6 Å². The number of aromatic nitrogens is 4. The van der Waals surface area contributed by atoms with Gasteiger partial charge in [-0.25, -0.2) is 19.6 Å². The maximum absolute atomic E-state index is 15.1. The number of likely N-dealkylation sites (tertiary alicyclic amines) is 4. The second-order valence-corrected chi connectivity index (χ2v) is 34.7. The number of rotatable bonds is 26. The molecule has 10 unspecified atom stereocenters. The molecule has 117 heavy (non-hydrogen) atoms. The Bertz CT molecular complexity index is 4910. The van der Waals surface area contributed by atoms with Crippen molar-refractivity contribution < 1.29 is 57.4 Å². The molecule has 2 aliphatic carbocycles. The highest BCUT2D eigenvalue weighted by Crippen LogP contribution is 2.52. The van der Waals surface area contributed by atoms with Crippen LogP contribution in [0.15, 0.2) is 164 Å². The van der Waals surface area contributed by atoms with Gasteiger partial charge in [0.2, 0.25) is 35.4 Å². The minimum absolute atomic E-state index is 0.0316. The number of carbonyl (C=O) groups is 9. The summed E-state index contributed by atoms with van der Waals surface area (Å²) in [5, 5.41) is 14.9. The van der Waals surface area contributed by atoms with E-state index in [0.29, 0.717) is 111 Å². The summed E-state index contributed by atoms with van der Waals surface area (Å²) < 4.78 is 17.7. The van der Waals surface area contributed by atoms with Crippen LogP contribution in [0.25, 0.3) is 44.8 Å². The first-order valence-corrected chi connectivity index (χ1v) is 41.5. The van der Waals surface area contributed by atoms with Crippen LogP contribution >= 0.6 is 0 Å². The van der Waals surface area contributed by atoms with Gasteiger partial charge in [0.15, 0.2) is 0 Å². The SMILES string of the molecule is CC(C)C(NC(=O)C1CC1)C(=O)N1CCCC1C(=O)Nc1ccc(-c2ccc(-c3c[nH]c(C4CCCN4C(=O)C(NC(=O)C4CC4c4cc(-c5c[nH]c(C6CCCN6C(=O)C(NC(=O)OC(C)(C)C)c6ccccc6)n5)ccc4-c4ccc(OCC5CCCN5C(=O)C(NC(=O)OC(C)(C)C)c5ccccc5)cc4)C(C)C)n3)cc2)cc1. The van der Waals surface area contributed by atoms with Crippen LogP contribution in [0.1, 0.15) is 198 Å². The Labute approximate surface area is 683 Å². The molecule has 6 aromatic carbocycles. The number of imidazole rings is 2. The van der Waals surface area contributed by atoms with Crippen molar-refractivity contribution in [2.45, 2.75) is 205 Å². The van der Waals surface area contributed by atoms with E-state index in [1.54, 1.807) is 56.2 Å². The third-order valence-corrected chi connectivity index (χ3v) is 23.0. The Hall–Kier alpha value is -11.6. The van der Waals surface area contributed by atoms with E-state index in [1.807, 2.05) is 191 Å². The van der Waals surface area contributed by atoms with Crippen LogP contribution in [0.4, 0.5) is 15.3 Å². The van der Waals surface area contributed by atoms with Crippen molar-refractivity contribution in [1.29, 1.82) is 0 Å². The van der Waals surface area contributed by atoms with Gasteiger partial charge in [0.05, 0.1) is 29.5 Å². The summed E-state index contributed by atoms with van der Waals surface area (Å²) in [6.45, 7) is 20.5. The number of aromatic amines is 2. The van der Waals surface area contributed by atoms with E-state index in [0.717, 1.165) is 70.3 Å². The maximum atomic E-state index is 15.1. The van der Waals surface area contributed by atoms with Crippen LogP contribution in [0.5, 0.6) is 5.75 Å². The summed E-state index contributed by atoms with van der Waals surface area (Å²) in [5.74, 6) is -0.801. The second-order valence-electron chi connectivity index (χ2n) is 34.7. The molecule has 25 heteroatoms. The zero-order valence-corrected chi connectivity index (χ0v) is 68.5. The predicted octanol–water partition coefficient (Wildman–Crippen LogP) is 14.5. The van der Waals surface area contributed by atoms with Crippen molar-refractivity contribution in [2.75, 3.05) is 38.1 Å². The van der Waals surface area contributed by atoms with E-state index >= 15 is 4.79 Å². The first-order chi connectivity index (χ1) is 56.1. The van der Waals surface area contributed by atoms with Gasteiger partial charge in [-0.3, -0.25) is 33.6 Å². The van der Waals surface area contributed by atoms with Gasteiger partial charge < -0.3 is 70.4 Å². The summed E-state index contributed by atoms with van der Waals surface area (Å²) in [6.07, 6.45) is 9.99. The molecule has 6 heterocycles. The van der Waals surface area contributed by atoms with Crippen LogP contribution in [0.2, 0.25) is 0 Å². The van der Waals surface area contributed by atoms with Crippen LogP contribution in [-0.2, 0) is 43.0 Å². The maximum Gasteiger partial charge on any atom is 0.408 e. The first kappa shape index (κ1) is 81.9. The number of anilines is 1. The van der Waals surface area contributed by atoms with Gasteiger partial charge in [0.25, 0.3) is 5.91 Å². The number of hydrogen-bond donors (Lipinski definition) is 7. The zero-order chi connectivity index (χ0) is 82.6. The van der Waals surface area contributed by atoms with Crippen molar-refractivity contribution >= 4 is 59.2 Å². The third-order valence-electron chi connectivity index (χ3n) is 23.0. The van der Waals surface area contributed by atoms with Gasteiger partial charge in [-0.05, 0) is 199 Å². The average Bonchev–Trinajstić information content (AvgIpc) is 1.61. The summed E-state index contributed by atoms with van der Waals surface area (Å²) in [7, 11) is 0. The molecule has 0 bridgehead atoms. The highest BCUT2D eigenvalue weighted by molar-refractivity contribution is 5.99. The summed E-state index contributed by atoms with van der Waals surface area (Å²) in [6, 6.07) is 42.7. The largest absolute Gasteiger partial charge is 0.491 e. The molecule has 0 radical (unpaired) electrons. The lowest BCUT2D eigenvalue weighted by Gasteiger charge is -2.30. The summed E-state index contributed by atoms with van der Waals surface area (Å²) >= 11 is 0. The number of carbonyl (C=O) groups excluding carboxylic acids is 9. The molecule has 10 atom stereocenters. The Morgan fingerprint density at radius 2 is 0.932 bits per heavy atom. The Morgan fingerprint density at radius 3 is 1.48 bits per heavy atom. The topological polar surface area (TPSA) is 312 Å². The molecule has 2 aromatic heterocycles. The van der Waals surface area contributed by atoms with Gasteiger partial charge in [0, 0.05) is 67.2 Å². The summed E-state index contributed by atoms with van der Waals surface area (Å²) in [5.41, 5.74) is 7.91. The fourth-order valence-electron chi connectivity index (χ4n) is 16.7. The van der Waals surface area contributed by atoms with Crippen molar-refractivity contribution in [3.63, 3.8) is 0 Å². The molecule has 2 saturated carbocycles. The van der Waals surface area contributed by atoms with Crippen molar-refractivity contribution in [3.8, 4) is 50.5 Å². The lowest BCUT2D eigenvalue weighted by Crippen LogP contribution is -2.54. The number of benzene rings is 6. The van der Waals surface area contributed by atoms with Crippen molar-refractivity contribution in [1.82, 2.24) is 60.8 Å². The number of alkyl carbamates (subject to hydrolysis) is 2. The highest BCUT2D eigenvalue weighted by atomic mass is 16.6. The summed E-state index contributed by atoms with van der Waals surface area (Å²) in [4.78, 5) is 150. The number of nitrogens with one attached hydrogen (secondary N) is 7. The van der Waals surface area contributed by atoms with E-state index in [4.69, 9.17) is 24.2 Å². The van der Waals surface area contributed by atoms with Gasteiger partial charge in [-0.2, -0.15) is 0 Å². The molecule has 9 amide bonds. The van der Waals surface area contributed by atoms with Crippen LogP contribution in [0.3, 0.4) is 0 Å². The van der Waals surface area contributed by atoms with Crippen LogP contribution < -0.4 is 31.3 Å². The smallest absolute Gasteiger partial charge is 0.408 e. The molecular weight excluding hydrogens is 1480 g/mol. The number of amides is 9. The molecule has 7 N–H and O–H groups in total. The first-order valence-electron chi connectivity index (χ1n) is 41.5. The normalized spacial score (nSPS) is 20.3. The van der Waals surface area contributed by atoms with Gasteiger partial charge in [-0.15, -0.1) is 0 Å². The van der Waals surface area contributed by atoms with E-state index in [2.05, 4.69) is 42.6 Å². The van der Waals surface area contributed by atoms with E-state index in [1.165, 1.54) is 0 Å². The predicted molar refractivity (Wildman–Crippen MR) is 444 cm³/mol. The average molecular weight is 1590 g/mol. The van der Waals surface area contributed by atoms with Crippen molar-refractivity contribution in [3.05, 3.63) is 192 Å². The Kier molecular flexibility index (Phi) is 24.5. The molecular formula is C92H109N13O12. The monoisotopic (exact) mass is 1590 g/mol. The molecule has 4 saturated heterocycles. The molecule has 8 aromatic rings. The number of ether oxygens (including phenoxy) is 3. The molecule has 4 aliphatic heterocycles. The molecule has 14 rings (SSSR count). The number of hydrogen-bond acceptors (Lipinski definition) is 14. The lowest BCUT2D eigenvalue weighted by atomic mass is 9.93. The molecule has 614 valence electrons. The highest BCUT2D eigenvalue weighted by Gasteiger charge is 2.48. The number of H-pyrrole nitrogens is 2. The zero-order valence-electron chi connectivity index (χ0n) is 68.5. The fourth-order valence-corrected chi connectivity index (χ4v) is 16.7. The standard InChI is InChI=1S/C92H109N13O12/c1-54(2)76(98-82(106)62-33-34-62)86(110)105-48-20-28-75(105)84(108)95-64-40-35-57(36-41-64)56-29-31-59(32-30-56)71-51-93-80(96-71)73-26-18-46-103(73)85(109)77(55(3)4)99-83(107)70-50-69(70)68-49-63(72-52-94-81(97-72)74-27-19-47-104(74)88(112)79(61-23-15-12-16-24-61)101-90(114)117-92(8,9)10)39-44-67(68)58-37-42-66(43-38-58)115-53-65-25-17-45-102(65)87(111)78(60-21-13-11-14-22-60)100-89(113)116-91(5,6)7/h11-16,21-24,29-32,35-44,49,51-52,54-55,62,65,69-70,73-79H,17-20,25-28,33-34,45-48,50,53H2,1-10H3,(H,93,96)(H,94,97)(H,95,108)(H,98,106)(H,99,107)(H,100,113)(H,101,114). The minimum atomic E-state index is -1.01. The quantitative estimate of drug-likeness (QED) is 0.0265. The van der Waals surface area contributed by atoms with Gasteiger partial charge >= 0.3 is 12.2 Å². The Balaban J connectivity index is 0.653. The third kappa shape index (κ3) is 19.4. The molecule has 0 spiro atoms. The molecule has 25 nitrogen and oxygen atoms in total. The van der Waals surface area contributed by atoms with E-state index in [-0.39, 0.29) is 83.7 Å². The number of nitrogens with zero attached hydrogens (tertiary/aromatic N) is 6. The van der Waals surface area contributed by atoms with Crippen LogP contribution in [0, 0.1) is 23.7 Å². The van der Waals surface area contributed by atoms with E-state index in [9.17, 15) is 38.4 Å². The fraction of sp³-hybridized carbons (Fsp3) is 0.446. The van der Waals surface area contributed by atoms with Crippen molar-refractivity contribution in [2.24, 2.45) is 23.7 Å².